The van der Waals surface area contributed by atoms with Gasteiger partial charge in [-0.15, -0.1) is 10.2 Å². The van der Waals surface area contributed by atoms with E-state index in [1.165, 1.54) is 19.5 Å². The molecule has 1 saturated carbocycles. The Morgan fingerprint density at radius 2 is 1.69 bits per heavy atom. The highest BCUT2D eigenvalue weighted by Gasteiger charge is 2.60. The molecule has 14 nitrogen and oxygen atoms in total. The molecule has 14 heteroatoms. The van der Waals surface area contributed by atoms with Crippen molar-refractivity contribution in [3.05, 3.63) is 59.7 Å². The van der Waals surface area contributed by atoms with Gasteiger partial charge < -0.3 is 25.1 Å². The summed E-state index contributed by atoms with van der Waals surface area (Å²) in [6, 6.07) is 14.2. The number of fused-ring (bicyclic) bond motifs is 5. The van der Waals surface area contributed by atoms with Crippen molar-refractivity contribution in [1.82, 2.24) is 30.2 Å². The van der Waals surface area contributed by atoms with Gasteiger partial charge in [0.2, 0.25) is 11.8 Å². The van der Waals surface area contributed by atoms with Crippen LogP contribution in [0.1, 0.15) is 52.8 Å². The van der Waals surface area contributed by atoms with E-state index in [-0.39, 0.29) is 24.5 Å². The zero-order valence-corrected chi connectivity index (χ0v) is 30.2. The predicted octanol–water partition coefficient (Wildman–Crippen LogP) is 2.41. The van der Waals surface area contributed by atoms with Gasteiger partial charge >= 0.3 is 0 Å². The molecule has 10 rings (SSSR count). The SMILES string of the molecule is O=C1CCC(N2C(=O)c3ccc(N4CCC(CN5CC6CC6(CN6CCN7c8cc(-c9ccccc9O)nnc8NC[C@H]7C6)C5)CC4)cc3C2=O)C(=O)N1. The lowest BCUT2D eigenvalue weighted by molar-refractivity contribution is -0.136. The molecular weight excluding hydrogens is 686 g/mol. The number of carbonyl (C=O) groups is 4. The number of carbonyl (C=O) groups excluding carboxylic acids is 4. The highest BCUT2D eigenvalue weighted by molar-refractivity contribution is 6.23. The monoisotopic (exact) mass is 731 g/mol. The summed E-state index contributed by atoms with van der Waals surface area (Å²) in [5.74, 6) is 0.537. The summed E-state index contributed by atoms with van der Waals surface area (Å²) in [4.78, 5) is 61.8. The number of aromatic nitrogens is 2. The van der Waals surface area contributed by atoms with Crippen molar-refractivity contribution in [3.8, 4) is 17.0 Å². The number of imide groups is 2. The van der Waals surface area contributed by atoms with Crippen molar-refractivity contribution in [2.75, 3.05) is 80.6 Å². The first-order valence-corrected chi connectivity index (χ1v) is 19.4. The van der Waals surface area contributed by atoms with Gasteiger partial charge in [0.1, 0.15) is 11.8 Å². The van der Waals surface area contributed by atoms with E-state index in [2.05, 4.69) is 46.5 Å². The van der Waals surface area contributed by atoms with Crippen LogP contribution in [0, 0.1) is 17.3 Å². The molecule has 5 fully saturated rings. The number of para-hydroxylation sites is 1. The standard InChI is InChI=1S/C40H45N9O5/c50-34-4-2-1-3-29(34)31-16-33-36(44-43-31)41-18-27-21-45(13-14-48(27)33)22-40-17-25(40)20-46(23-40)19-24-9-11-47(12-10-24)26-5-6-28-30(15-26)39(54)49(38(28)53)32-7-8-35(51)42-37(32)52/h1-6,15-16,24-25,27,32,50H,7-14,17-23H2,(H,41,44)(H,42,51,52)/t25?,27-,32?,40?/m0/s1. The Kier molecular flexibility index (Phi) is 7.91. The number of aromatic hydroxyl groups is 1. The highest BCUT2D eigenvalue weighted by atomic mass is 16.3. The first kappa shape index (κ1) is 33.5. The Morgan fingerprint density at radius 3 is 2.52 bits per heavy atom. The van der Waals surface area contributed by atoms with Crippen molar-refractivity contribution in [2.45, 2.75) is 44.2 Å². The Morgan fingerprint density at radius 1 is 0.852 bits per heavy atom. The lowest BCUT2D eigenvalue weighted by Gasteiger charge is -2.46. The van der Waals surface area contributed by atoms with Gasteiger partial charge in [0.05, 0.1) is 28.6 Å². The van der Waals surface area contributed by atoms with E-state index in [4.69, 9.17) is 0 Å². The Bertz CT molecular complexity index is 2070. The number of piperazine rings is 1. The first-order valence-electron chi connectivity index (χ1n) is 19.4. The van der Waals surface area contributed by atoms with Crippen LogP contribution in [0.2, 0.25) is 0 Å². The van der Waals surface area contributed by atoms with Gasteiger partial charge in [0, 0.05) is 88.5 Å². The third kappa shape index (κ3) is 5.69. The zero-order valence-electron chi connectivity index (χ0n) is 30.2. The second-order valence-corrected chi connectivity index (χ2v) is 16.5. The summed E-state index contributed by atoms with van der Waals surface area (Å²) in [5.41, 5.74) is 4.44. The lowest BCUT2D eigenvalue weighted by atomic mass is 9.95. The third-order valence-electron chi connectivity index (χ3n) is 13.2. The van der Waals surface area contributed by atoms with Crippen molar-refractivity contribution in [2.24, 2.45) is 17.3 Å². The van der Waals surface area contributed by atoms with Crippen LogP contribution in [0.4, 0.5) is 17.2 Å². The molecule has 1 aromatic heterocycles. The average Bonchev–Trinajstić information content (AvgIpc) is 3.62. The number of likely N-dealkylation sites (tertiary alicyclic amines) is 1. The largest absolute Gasteiger partial charge is 0.507 e. The molecule has 1 aliphatic carbocycles. The minimum absolute atomic E-state index is 0.107. The summed E-state index contributed by atoms with van der Waals surface area (Å²) < 4.78 is 0. The number of rotatable bonds is 7. The average molecular weight is 732 g/mol. The number of amides is 4. The minimum Gasteiger partial charge on any atom is -0.507 e. The summed E-state index contributed by atoms with van der Waals surface area (Å²) in [5, 5.41) is 25.1. The number of piperidine rings is 3. The molecule has 0 spiro atoms. The summed E-state index contributed by atoms with van der Waals surface area (Å²) in [6.45, 7) is 10.3. The van der Waals surface area contributed by atoms with Gasteiger partial charge in [-0.25, -0.2) is 0 Å². The van der Waals surface area contributed by atoms with E-state index < -0.39 is 23.8 Å². The van der Waals surface area contributed by atoms with Crippen molar-refractivity contribution < 1.29 is 24.3 Å². The van der Waals surface area contributed by atoms with Gasteiger partial charge in [-0.1, -0.05) is 12.1 Å². The van der Waals surface area contributed by atoms with E-state index in [0.29, 0.717) is 39.8 Å². The zero-order chi connectivity index (χ0) is 36.7. The molecule has 54 heavy (non-hydrogen) atoms. The number of hydrogen-bond donors (Lipinski definition) is 3. The molecule has 280 valence electrons. The lowest BCUT2D eigenvalue weighted by Crippen LogP contribution is -2.58. The van der Waals surface area contributed by atoms with Crippen LogP contribution in [0.15, 0.2) is 48.5 Å². The van der Waals surface area contributed by atoms with Crippen molar-refractivity contribution in [3.63, 3.8) is 0 Å². The van der Waals surface area contributed by atoms with Crippen LogP contribution in [-0.4, -0.2) is 131 Å². The topological polar surface area (TPSA) is 155 Å². The number of nitrogens with zero attached hydrogens (tertiary/aromatic N) is 7. The van der Waals surface area contributed by atoms with E-state index in [9.17, 15) is 24.3 Å². The fourth-order valence-electron chi connectivity index (χ4n) is 10.2. The van der Waals surface area contributed by atoms with Crippen LogP contribution >= 0.6 is 0 Å². The van der Waals surface area contributed by atoms with Crippen molar-refractivity contribution >= 4 is 40.8 Å². The maximum atomic E-state index is 13.4. The molecule has 4 atom stereocenters. The predicted molar refractivity (Wildman–Crippen MR) is 200 cm³/mol. The van der Waals surface area contributed by atoms with Crippen molar-refractivity contribution in [1.29, 1.82) is 0 Å². The molecule has 4 saturated heterocycles. The molecule has 7 heterocycles. The summed E-state index contributed by atoms with van der Waals surface area (Å²) >= 11 is 0. The smallest absolute Gasteiger partial charge is 0.262 e. The molecule has 7 aliphatic rings. The maximum Gasteiger partial charge on any atom is 0.262 e. The van der Waals surface area contributed by atoms with E-state index in [1.807, 2.05) is 30.3 Å². The second kappa shape index (κ2) is 12.8. The Labute approximate surface area is 313 Å². The highest BCUT2D eigenvalue weighted by Crippen LogP contribution is 2.58. The number of phenols is 1. The molecule has 2 aromatic carbocycles. The molecule has 3 unspecified atom stereocenters. The number of anilines is 3. The number of hydrogen-bond acceptors (Lipinski definition) is 12. The summed E-state index contributed by atoms with van der Waals surface area (Å²) in [7, 11) is 0. The van der Waals surface area contributed by atoms with Gasteiger partial charge in [0.15, 0.2) is 5.82 Å². The van der Waals surface area contributed by atoms with Gasteiger partial charge in [0.25, 0.3) is 11.8 Å². The molecule has 3 aromatic rings. The molecule has 0 radical (unpaired) electrons. The van der Waals surface area contributed by atoms with Gasteiger partial charge in [-0.2, -0.15) is 0 Å². The van der Waals surface area contributed by atoms with Crippen LogP contribution in [0.3, 0.4) is 0 Å². The van der Waals surface area contributed by atoms with Crippen LogP contribution in [-0.2, 0) is 9.59 Å². The van der Waals surface area contributed by atoms with Gasteiger partial charge in [-0.3, -0.25) is 34.3 Å². The van der Waals surface area contributed by atoms with Crippen LogP contribution in [0.25, 0.3) is 11.3 Å². The van der Waals surface area contributed by atoms with E-state index >= 15 is 0 Å². The normalized spacial score (nSPS) is 28.4. The maximum absolute atomic E-state index is 13.4. The first-order chi connectivity index (χ1) is 26.2. The number of benzene rings is 2. The van der Waals surface area contributed by atoms with E-state index in [0.717, 1.165) is 93.2 Å². The Balaban J connectivity index is 0.720. The Hall–Kier alpha value is -5.08. The second-order valence-electron chi connectivity index (χ2n) is 16.5. The van der Waals surface area contributed by atoms with E-state index in [1.54, 1.807) is 12.1 Å². The quantitative estimate of drug-likeness (QED) is 0.306. The third-order valence-corrected chi connectivity index (χ3v) is 13.2. The molecular formula is C40H45N9O5. The summed E-state index contributed by atoms with van der Waals surface area (Å²) in [6.07, 6.45) is 3.74. The van der Waals surface area contributed by atoms with Gasteiger partial charge in [-0.05, 0) is 73.9 Å². The molecule has 4 amide bonds. The fourth-order valence-corrected chi connectivity index (χ4v) is 10.2. The fraction of sp³-hybridized carbons (Fsp3) is 0.500. The molecule has 6 aliphatic heterocycles. The van der Waals surface area contributed by atoms with Crippen LogP contribution in [0.5, 0.6) is 5.75 Å². The number of nitrogens with one attached hydrogen (secondary N) is 2. The molecule has 0 bridgehead atoms. The van der Waals surface area contributed by atoms with Crippen LogP contribution < -0.4 is 20.4 Å². The minimum atomic E-state index is -0.954. The number of phenolic OH excluding ortho intramolecular Hbond substituents is 1. The molecule has 3 N–H and O–H groups in total.